The summed E-state index contributed by atoms with van der Waals surface area (Å²) in [5, 5.41) is 11.5. The van der Waals surface area contributed by atoms with Crippen molar-refractivity contribution in [2.45, 2.75) is 37.8 Å². The largest absolute Gasteiger partial charge is 0.507 e. The zero-order valence-corrected chi connectivity index (χ0v) is 21.7. The van der Waals surface area contributed by atoms with Gasteiger partial charge < -0.3 is 23.7 Å². The number of hydrogen-bond donors (Lipinski definition) is 1. The first kappa shape index (κ1) is 25.4. The van der Waals surface area contributed by atoms with E-state index in [1.54, 1.807) is 13.2 Å². The van der Waals surface area contributed by atoms with Crippen LogP contribution in [0.1, 0.15) is 48.3 Å². The van der Waals surface area contributed by atoms with Crippen LogP contribution in [0, 0.1) is 5.92 Å². The van der Waals surface area contributed by atoms with Gasteiger partial charge >= 0.3 is 0 Å². The zero-order chi connectivity index (χ0) is 26.3. The van der Waals surface area contributed by atoms with Gasteiger partial charge in [0.2, 0.25) is 11.4 Å². The maximum Gasteiger partial charge on any atom is 0.231 e. The minimum absolute atomic E-state index is 0.0179. The summed E-state index contributed by atoms with van der Waals surface area (Å²) in [5.41, 5.74) is -1.78. The molecule has 10 heteroatoms. The zero-order valence-electron chi connectivity index (χ0n) is 21.0. The fraction of sp³-hybridized carbons (Fsp3) is 0.444. The van der Waals surface area contributed by atoms with Crippen LogP contribution >= 0.6 is 11.6 Å². The second kappa shape index (κ2) is 9.87. The fourth-order valence-electron chi connectivity index (χ4n) is 5.48. The molecule has 1 fully saturated rings. The van der Waals surface area contributed by atoms with Crippen LogP contribution in [0.5, 0.6) is 17.2 Å². The molecule has 0 bridgehead atoms. The van der Waals surface area contributed by atoms with Gasteiger partial charge in [-0.1, -0.05) is 18.5 Å². The number of fused-ring (bicyclic) bond motifs is 1. The summed E-state index contributed by atoms with van der Waals surface area (Å²) in [5.74, 6) is -0.680. The average Bonchev–Trinajstić information content (AvgIpc) is 3.65. The van der Waals surface area contributed by atoms with E-state index in [0.29, 0.717) is 6.54 Å². The van der Waals surface area contributed by atoms with Gasteiger partial charge in [-0.25, -0.2) is 0 Å². The van der Waals surface area contributed by atoms with Gasteiger partial charge in [-0.2, -0.15) is 0 Å². The number of rotatable bonds is 7. The van der Waals surface area contributed by atoms with Gasteiger partial charge in [-0.15, -0.1) is 0 Å². The molecule has 0 amide bonds. The van der Waals surface area contributed by atoms with Gasteiger partial charge in [0.15, 0.2) is 17.3 Å². The number of aliphatic hydroxyl groups excluding tert-OH is 1. The van der Waals surface area contributed by atoms with E-state index in [-0.39, 0.29) is 51.7 Å². The third-order valence-corrected chi connectivity index (χ3v) is 7.82. The summed E-state index contributed by atoms with van der Waals surface area (Å²) in [4.78, 5) is 33.6. The number of aliphatic imine (C=N–C) groups is 1. The van der Waals surface area contributed by atoms with E-state index < -0.39 is 23.1 Å². The summed E-state index contributed by atoms with van der Waals surface area (Å²) in [6.07, 6.45) is 5.15. The van der Waals surface area contributed by atoms with E-state index in [4.69, 9.17) is 30.2 Å². The molecular weight excluding hydrogens is 500 g/mol. The lowest BCUT2D eigenvalue weighted by molar-refractivity contribution is -0.118. The highest BCUT2D eigenvalue weighted by molar-refractivity contribution is 6.35. The highest BCUT2D eigenvalue weighted by Gasteiger charge is 2.60. The lowest BCUT2D eigenvalue weighted by Crippen LogP contribution is -2.52. The number of carbonyl (C=O) groups is 2. The number of ketones is 2. The van der Waals surface area contributed by atoms with Crippen molar-refractivity contribution in [3.05, 3.63) is 52.1 Å². The van der Waals surface area contributed by atoms with Crippen LogP contribution in [0.3, 0.4) is 0 Å². The minimum Gasteiger partial charge on any atom is -0.507 e. The molecule has 1 aromatic heterocycles. The number of Topliss-reactive ketones (excluding diaryl/α,β-unsaturated/α-hetero) is 2. The number of likely N-dealkylation sites (tertiary alicyclic amines) is 1. The summed E-state index contributed by atoms with van der Waals surface area (Å²) >= 11 is 6.48. The molecule has 37 heavy (non-hydrogen) atoms. The van der Waals surface area contributed by atoms with Gasteiger partial charge in [-0.3, -0.25) is 19.5 Å². The second-order valence-corrected chi connectivity index (χ2v) is 9.90. The Morgan fingerprint density at radius 2 is 2.00 bits per heavy atom. The molecule has 3 atom stereocenters. The van der Waals surface area contributed by atoms with Crippen LogP contribution in [0.4, 0.5) is 0 Å². The van der Waals surface area contributed by atoms with Crippen LogP contribution in [-0.2, 0) is 4.79 Å². The first-order chi connectivity index (χ1) is 17.8. The number of furan rings is 1. The molecule has 0 saturated carbocycles. The van der Waals surface area contributed by atoms with E-state index in [0.717, 1.165) is 31.7 Å². The van der Waals surface area contributed by atoms with Crippen molar-refractivity contribution in [1.29, 1.82) is 0 Å². The standard InChI is InChI=1S/C27H29ClN2O7/c1-15-11-18(31)16(13-29-14-17(19-7-6-10-36-19)30-8-4-5-9-30)25(32)27(15)26(33)22-20(34-2)12-21(35-3)23(28)24(22)37-27/h6-7,10,12-13,15,17,32H,4-5,8-9,11,14H2,1-3H3/t15-,17?,27+/m1/s1. The molecule has 196 valence electrons. The first-order valence-corrected chi connectivity index (χ1v) is 12.6. The molecular formula is C27H29ClN2O7. The van der Waals surface area contributed by atoms with Crippen molar-refractivity contribution in [2.24, 2.45) is 10.9 Å². The second-order valence-electron chi connectivity index (χ2n) is 9.53. The normalized spacial score (nSPS) is 24.7. The molecule has 2 aromatic rings. The van der Waals surface area contributed by atoms with Crippen molar-refractivity contribution >= 4 is 29.4 Å². The predicted octanol–water partition coefficient (Wildman–Crippen LogP) is 4.59. The van der Waals surface area contributed by atoms with E-state index in [1.807, 2.05) is 12.1 Å². The summed E-state index contributed by atoms with van der Waals surface area (Å²) < 4.78 is 22.5. The molecule has 1 aliphatic carbocycles. The molecule has 5 rings (SSSR count). The van der Waals surface area contributed by atoms with E-state index in [9.17, 15) is 14.7 Å². The molecule has 1 N–H and O–H groups in total. The SMILES string of the molecule is COc1cc(OC)c2c(c1Cl)O[C@]1(C2=O)C(O)=C(C=NCC(c2ccco2)N2CCCC2)C(=O)C[C@H]1C. The number of ether oxygens (including phenoxy) is 3. The van der Waals surface area contributed by atoms with Gasteiger partial charge in [-0.05, 0) is 38.1 Å². The smallest absolute Gasteiger partial charge is 0.231 e. The van der Waals surface area contributed by atoms with Crippen molar-refractivity contribution < 1.29 is 33.3 Å². The fourth-order valence-corrected chi connectivity index (χ4v) is 5.74. The van der Waals surface area contributed by atoms with Gasteiger partial charge in [0.05, 0.1) is 38.6 Å². The summed E-state index contributed by atoms with van der Waals surface area (Å²) in [7, 11) is 2.85. The number of carbonyl (C=O) groups excluding carboxylic acids is 2. The molecule has 1 saturated heterocycles. The number of allylic oxidation sites excluding steroid dienone is 1. The molecule has 2 aliphatic heterocycles. The van der Waals surface area contributed by atoms with Gasteiger partial charge in [0.25, 0.3) is 0 Å². The Hall–Kier alpha value is -3.30. The van der Waals surface area contributed by atoms with E-state index in [2.05, 4.69) is 9.89 Å². The van der Waals surface area contributed by atoms with E-state index >= 15 is 0 Å². The summed E-state index contributed by atoms with van der Waals surface area (Å²) in [6, 6.07) is 5.15. The topological polar surface area (TPSA) is 111 Å². The Labute approximate surface area is 219 Å². The molecule has 3 heterocycles. The Morgan fingerprint density at radius 3 is 2.65 bits per heavy atom. The maximum absolute atomic E-state index is 13.8. The molecule has 9 nitrogen and oxygen atoms in total. The Balaban J connectivity index is 1.51. The third kappa shape index (κ3) is 4.01. The number of nitrogens with zero attached hydrogens (tertiary/aromatic N) is 2. The monoisotopic (exact) mass is 528 g/mol. The number of aliphatic hydroxyl groups is 1. The number of halogens is 1. The van der Waals surface area contributed by atoms with Crippen molar-refractivity contribution in [3.63, 3.8) is 0 Å². The average molecular weight is 529 g/mol. The van der Waals surface area contributed by atoms with E-state index in [1.165, 1.54) is 26.5 Å². The molecule has 3 aliphatic rings. The minimum atomic E-state index is -1.82. The Bertz CT molecular complexity index is 1280. The molecule has 1 spiro atoms. The molecule has 1 unspecified atom stereocenters. The highest BCUT2D eigenvalue weighted by atomic mass is 35.5. The predicted molar refractivity (Wildman–Crippen MR) is 136 cm³/mol. The van der Waals surface area contributed by atoms with Crippen LogP contribution in [0.2, 0.25) is 5.02 Å². The number of hydrogen-bond acceptors (Lipinski definition) is 9. The first-order valence-electron chi connectivity index (χ1n) is 12.3. The van der Waals surface area contributed by atoms with Gasteiger partial charge in [0.1, 0.15) is 27.8 Å². The molecule has 0 radical (unpaired) electrons. The maximum atomic E-state index is 13.8. The van der Waals surface area contributed by atoms with Crippen LogP contribution in [0.15, 0.2) is 45.2 Å². The Morgan fingerprint density at radius 1 is 1.27 bits per heavy atom. The van der Waals surface area contributed by atoms with Crippen molar-refractivity contribution in [1.82, 2.24) is 4.90 Å². The molecule has 1 aromatic carbocycles. The van der Waals surface area contributed by atoms with Crippen molar-refractivity contribution in [3.8, 4) is 17.2 Å². The highest BCUT2D eigenvalue weighted by Crippen LogP contribution is 2.54. The summed E-state index contributed by atoms with van der Waals surface area (Å²) in [6.45, 7) is 3.87. The van der Waals surface area contributed by atoms with Crippen LogP contribution in [0.25, 0.3) is 0 Å². The van der Waals surface area contributed by atoms with Crippen molar-refractivity contribution in [2.75, 3.05) is 33.9 Å². The van der Waals surface area contributed by atoms with Gasteiger partial charge in [0, 0.05) is 24.6 Å². The lowest BCUT2D eigenvalue weighted by atomic mass is 9.73. The third-order valence-electron chi connectivity index (χ3n) is 7.46. The van der Waals surface area contributed by atoms with Crippen LogP contribution < -0.4 is 14.2 Å². The Kier molecular flexibility index (Phi) is 6.76. The lowest BCUT2D eigenvalue weighted by Gasteiger charge is -2.36. The number of methoxy groups -OCH3 is 2. The quantitative estimate of drug-likeness (QED) is 0.519. The van der Waals surface area contributed by atoms with Crippen LogP contribution in [-0.4, -0.2) is 67.2 Å². The number of benzene rings is 1.